The highest BCUT2D eigenvalue weighted by molar-refractivity contribution is 5.72. The Morgan fingerprint density at radius 2 is 1.50 bits per heavy atom. The topological polar surface area (TPSA) is 9.23 Å². The molecule has 0 N–H and O–H groups in total. The van der Waals surface area contributed by atoms with Crippen LogP contribution in [-0.2, 0) is 0 Å². The average Bonchev–Trinajstić information content (AvgIpc) is 2.87. The zero-order chi connectivity index (χ0) is 24.1. The lowest BCUT2D eigenvalue weighted by Crippen LogP contribution is -2.14. The standard InChI is InChI=1S/C30H31F3O/c1-3-20-5-12-23(13-6-20)26-17-15-24(29(32)30(26)33)14-9-21-7-10-22(11-8-21)25-16-18-28(34-4-2)27(31)19-25/h7-11,14-20,23H,3-6,12-13H2,1-2H3/b14-9+. The lowest BCUT2D eigenvalue weighted by Gasteiger charge is -2.28. The van der Waals surface area contributed by atoms with E-state index in [0.29, 0.717) is 18.1 Å². The van der Waals surface area contributed by atoms with Crippen LogP contribution in [0, 0.1) is 23.4 Å². The fourth-order valence-corrected chi connectivity index (χ4v) is 4.83. The summed E-state index contributed by atoms with van der Waals surface area (Å²) in [5, 5.41) is 0. The lowest BCUT2D eigenvalue weighted by molar-refractivity contribution is 0.312. The zero-order valence-corrected chi connectivity index (χ0v) is 19.8. The van der Waals surface area contributed by atoms with Crippen molar-refractivity contribution in [1.29, 1.82) is 0 Å². The van der Waals surface area contributed by atoms with Gasteiger partial charge >= 0.3 is 0 Å². The smallest absolute Gasteiger partial charge is 0.166 e. The van der Waals surface area contributed by atoms with Gasteiger partial charge in [0.05, 0.1) is 6.61 Å². The largest absolute Gasteiger partial charge is 0.491 e. The Bertz CT molecular complexity index is 1140. The molecule has 1 saturated carbocycles. The van der Waals surface area contributed by atoms with Crippen LogP contribution in [0.25, 0.3) is 23.3 Å². The second-order valence-corrected chi connectivity index (χ2v) is 9.03. The summed E-state index contributed by atoms with van der Waals surface area (Å²) in [5.74, 6) is -0.841. The van der Waals surface area contributed by atoms with E-state index in [-0.39, 0.29) is 17.2 Å². The molecule has 4 heteroatoms. The van der Waals surface area contributed by atoms with Crippen molar-refractivity contribution in [1.82, 2.24) is 0 Å². The molecule has 4 rings (SSSR count). The van der Waals surface area contributed by atoms with Crippen LogP contribution in [0.5, 0.6) is 5.75 Å². The third-order valence-corrected chi connectivity index (χ3v) is 6.94. The SMILES string of the molecule is CCOc1ccc(-c2ccc(/C=C/c3ccc(C4CCC(CC)CC4)c(F)c3F)cc2)cc1F. The Balaban J connectivity index is 1.46. The molecule has 0 bridgehead atoms. The second kappa shape index (κ2) is 10.9. The van der Waals surface area contributed by atoms with Gasteiger partial charge in [-0.25, -0.2) is 13.2 Å². The zero-order valence-electron chi connectivity index (χ0n) is 19.8. The van der Waals surface area contributed by atoms with Gasteiger partial charge in [0.15, 0.2) is 23.2 Å². The lowest BCUT2D eigenvalue weighted by atomic mass is 9.77. The Kier molecular flexibility index (Phi) is 7.77. The molecule has 0 saturated heterocycles. The van der Waals surface area contributed by atoms with E-state index in [1.165, 1.54) is 6.07 Å². The van der Waals surface area contributed by atoms with Crippen LogP contribution in [-0.4, -0.2) is 6.61 Å². The van der Waals surface area contributed by atoms with Crippen molar-refractivity contribution in [3.05, 3.63) is 88.7 Å². The molecule has 1 aliphatic carbocycles. The molecule has 0 unspecified atom stereocenters. The van der Waals surface area contributed by atoms with Gasteiger partial charge < -0.3 is 4.74 Å². The maximum atomic E-state index is 14.9. The predicted molar refractivity (Wildman–Crippen MR) is 133 cm³/mol. The Morgan fingerprint density at radius 1 is 0.794 bits per heavy atom. The van der Waals surface area contributed by atoms with Crippen molar-refractivity contribution in [2.24, 2.45) is 5.92 Å². The molecular formula is C30H31F3O. The van der Waals surface area contributed by atoms with E-state index in [1.807, 2.05) is 37.3 Å². The molecule has 178 valence electrons. The number of rotatable bonds is 7. The van der Waals surface area contributed by atoms with Gasteiger partial charge in [-0.05, 0) is 78.8 Å². The first kappa shape index (κ1) is 24.1. The molecule has 1 fully saturated rings. The van der Waals surface area contributed by atoms with Gasteiger partial charge in [0, 0.05) is 5.56 Å². The minimum atomic E-state index is -0.784. The summed E-state index contributed by atoms with van der Waals surface area (Å²) in [6.45, 7) is 4.41. The molecule has 0 atom stereocenters. The first-order chi connectivity index (χ1) is 16.5. The number of benzene rings is 3. The quantitative estimate of drug-likeness (QED) is 0.317. The van der Waals surface area contributed by atoms with Crippen molar-refractivity contribution >= 4 is 12.2 Å². The van der Waals surface area contributed by atoms with Crippen LogP contribution >= 0.6 is 0 Å². The van der Waals surface area contributed by atoms with Gasteiger partial charge in [-0.3, -0.25) is 0 Å². The maximum Gasteiger partial charge on any atom is 0.166 e. The van der Waals surface area contributed by atoms with Crippen molar-refractivity contribution in [2.75, 3.05) is 6.61 Å². The molecule has 3 aromatic rings. The highest BCUT2D eigenvalue weighted by Gasteiger charge is 2.25. The number of halogens is 3. The molecule has 0 amide bonds. The third-order valence-electron chi connectivity index (χ3n) is 6.94. The summed E-state index contributed by atoms with van der Waals surface area (Å²) in [5.41, 5.74) is 3.20. The fraction of sp³-hybridized carbons (Fsp3) is 0.333. The highest BCUT2D eigenvalue weighted by atomic mass is 19.2. The fourth-order valence-electron chi connectivity index (χ4n) is 4.83. The van der Waals surface area contributed by atoms with E-state index in [9.17, 15) is 13.2 Å². The van der Waals surface area contributed by atoms with E-state index < -0.39 is 17.5 Å². The normalized spacial score (nSPS) is 18.4. The molecule has 0 aromatic heterocycles. The van der Waals surface area contributed by atoms with Crippen LogP contribution in [0.1, 0.15) is 68.6 Å². The Morgan fingerprint density at radius 3 is 2.15 bits per heavy atom. The van der Waals surface area contributed by atoms with Gasteiger partial charge in [-0.2, -0.15) is 0 Å². The van der Waals surface area contributed by atoms with Crippen molar-refractivity contribution in [3.8, 4) is 16.9 Å². The van der Waals surface area contributed by atoms with E-state index in [1.54, 1.807) is 30.4 Å². The average molecular weight is 465 g/mol. The minimum Gasteiger partial charge on any atom is -0.491 e. The van der Waals surface area contributed by atoms with Crippen LogP contribution in [0.15, 0.2) is 54.6 Å². The summed E-state index contributed by atoms with van der Waals surface area (Å²) >= 11 is 0. The van der Waals surface area contributed by atoms with Crippen LogP contribution < -0.4 is 4.74 Å². The summed E-state index contributed by atoms with van der Waals surface area (Å²) in [6, 6.07) is 15.8. The summed E-state index contributed by atoms with van der Waals surface area (Å²) in [7, 11) is 0. The molecule has 0 spiro atoms. The summed E-state index contributed by atoms with van der Waals surface area (Å²) < 4.78 is 49.1. The number of hydrogen-bond donors (Lipinski definition) is 0. The minimum absolute atomic E-state index is 0.107. The van der Waals surface area contributed by atoms with Gasteiger partial charge in [-0.15, -0.1) is 0 Å². The predicted octanol–water partition coefficient (Wildman–Crippen LogP) is 9.02. The van der Waals surface area contributed by atoms with Crippen molar-refractivity contribution in [3.63, 3.8) is 0 Å². The molecule has 0 radical (unpaired) electrons. The molecule has 1 nitrogen and oxygen atoms in total. The number of hydrogen-bond acceptors (Lipinski definition) is 1. The van der Waals surface area contributed by atoms with E-state index in [2.05, 4.69) is 6.92 Å². The van der Waals surface area contributed by atoms with Gasteiger partial charge in [0.1, 0.15) is 0 Å². The molecular weight excluding hydrogens is 433 g/mol. The third kappa shape index (κ3) is 5.38. The van der Waals surface area contributed by atoms with Gasteiger partial charge in [-0.1, -0.05) is 68.0 Å². The van der Waals surface area contributed by atoms with Crippen molar-refractivity contribution < 1.29 is 17.9 Å². The summed E-state index contributed by atoms with van der Waals surface area (Å²) in [4.78, 5) is 0. The first-order valence-corrected chi connectivity index (χ1v) is 12.2. The number of ether oxygens (including phenoxy) is 1. The Hall–Kier alpha value is -3.01. The Labute approximate surface area is 200 Å². The summed E-state index contributed by atoms with van der Waals surface area (Å²) in [6.07, 6.45) is 8.54. The molecule has 3 aromatic carbocycles. The maximum absolute atomic E-state index is 14.9. The monoisotopic (exact) mass is 464 g/mol. The van der Waals surface area contributed by atoms with E-state index >= 15 is 0 Å². The van der Waals surface area contributed by atoms with E-state index in [4.69, 9.17) is 4.74 Å². The molecule has 34 heavy (non-hydrogen) atoms. The first-order valence-electron chi connectivity index (χ1n) is 12.2. The van der Waals surface area contributed by atoms with Crippen molar-refractivity contribution in [2.45, 2.75) is 51.9 Å². The second-order valence-electron chi connectivity index (χ2n) is 9.03. The van der Waals surface area contributed by atoms with Gasteiger partial charge in [0.2, 0.25) is 0 Å². The van der Waals surface area contributed by atoms with Crippen LogP contribution in [0.4, 0.5) is 13.2 Å². The van der Waals surface area contributed by atoms with Crippen LogP contribution in [0.2, 0.25) is 0 Å². The van der Waals surface area contributed by atoms with E-state index in [0.717, 1.165) is 48.8 Å². The van der Waals surface area contributed by atoms with Crippen LogP contribution in [0.3, 0.4) is 0 Å². The highest BCUT2D eigenvalue weighted by Crippen LogP contribution is 2.38. The molecule has 0 aliphatic heterocycles. The van der Waals surface area contributed by atoms with Gasteiger partial charge in [0.25, 0.3) is 0 Å². The molecule has 1 aliphatic rings. The molecule has 0 heterocycles.